The second-order valence-electron chi connectivity index (χ2n) is 6.89. The van der Waals surface area contributed by atoms with Crippen molar-refractivity contribution in [3.05, 3.63) is 77.5 Å². The lowest BCUT2D eigenvalue weighted by atomic mass is 10.1. The number of hydrogen-bond acceptors (Lipinski definition) is 5. The Hall–Kier alpha value is -3.87. The topological polar surface area (TPSA) is 89.5 Å². The molecule has 0 bridgehead atoms. The van der Waals surface area contributed by atoms with E-state index in [1.807, 2.05) is 39.0 Å². The molecule has 3 rings (SSSR count). The van der Waals surface area contributed by atoms with Gasteiger partial charge in [-0.25, -0.2) is 4.98 Å². The van der Waals surface area contributed by atoms with Gasteiger partial charge in [0.1, 0.15) is 11.5 Å². The molecule has 7 nitrogen and oxygen atoms in total. The first kappa shape index (κ1) is 21.8. The predicted octanol–water partition coefficient (Wildman–Crippen LogP) is 4.26. The number of carbonyl (C=O) groups is 2. The lowest BCUT2D eigenvalue weighted by Gasteiger charge is -2.11. The molecule has 0 radical (unpaired) electrons. The van der Waals surface area contributed by atoms with Crippen molar-refractivity contribution in [2.45, 2.75) is 20.8 Å². The maximum Gasteiger partial charge on any atom is 0.255 e. The molecule has 2 amide bonds. The SMILES string of the molecule is CCOc1ccccc1C(=O)NCC(=O)Nc1ccc(Oc2ccc(C)c(C)c2)nc1. The van der Waals surface area contributed by atoms with Crippen LogP contribution >= 0.6 is 0 Å². The van der Waals surface area contributed by atoms with E-state index in [1.54, 1.807) is 36.4 Å². The number of benzene rings is 2. The fraction of sp³-hybridized carbons (Fsp3) is 0.208. The van der Waals surface area contributed by atoms with Gasteiger partial charge >= 0.3 is 0 Å². The molecular weight excluding hydrogens is 394 g/mol. The summed E-state index contributed by atoms with van der Waals surface area (Å²) in [5.41, 5.74) is 3.20. The molecule has 2 N–H and O–H groups in total. The maximum absolute atomic E-state index is 12.4. The summed E-state index contributed by atoms with van der Waals surface area (Å²) in [5, 5.41) is 5.29. The van der Waals surface area contributed by atoms with Crippen LogP contribution in [0, 0.1) is 13.8 Å². The molecule has 2 aromatic carbocycles. The van der Waals surface area contributed by atoms with Gasteiger partial charge in [-0.1, -0.05) is 18.2 Å². The number of amides is 2. The van der Waals surface area contributed by atoms with Gasteiger partial charge in [0, 0.05) is 6.07 Å². The molecule has 160 valence electrons. The molecule has 0 atom stereocenters. The number of rotatable bonds is 8. The van der Waals surface area contributed by atoms with E-state index in [0.29, 0.717) is 35.2 Å². The number of anilines is 1. The number of ether oxygens (including phenoxy) is 2. The number of para-hydroxylation sites is 1. The van der Waals surface area contributed by atoms with Crippen molar-refractivity contribution in [1.29, 1.82) is 0 Å². The fourth-order valence-electron chi connectivity index (χ4n) is 2.81. The summed E-state index contributed by atoms with van der Waals surface area (Å²) in [4.78, 5) is 28.8. The van der Waals surface area contributed by atoms with Gasteiger partial charge in [0.25, 0.3) is 5.91 Å². The van der Waals surface area contributed by atoms with Crippen LogP contribution in [0.5, 0.6) is 17.4 Å². The molecule has 0 aliphatic rings. The molecule has 0 unspecified atom stereocenters. The highest BCUT2D eigenvalue weighted by atomic mass is 16.5. The van der Waals surface area contributed by atoms with Gasteiger partial charge in [0.2, 0.25) is 11.8 Å². The largest absolute Gasteiger partial charge is 0.493 e. The zero-order valence-corrected chi connectivity index (χ0v) is 17.8. The van der Waals surface area contributed by atoms with Gasteiger partial charge in [-0.2, -0.15) is 0 Å². The van der Waals surface area contributed by atoms with Crippen LogP contribution in [0.4, 0.5) is 5.69 Å². The van der Waals surface area contributed by atoms with Gasteiger partial charge in [0.05, 0.1) is 30.6 Å². The second-order valence-corrected chi connectivity index (χ2v) is 6.89. The van der Waals surface area contributed by atoms with Crippen LogP contribution < -0.4 is 20.1 Å². The van der Waals surface area contributed by atoms with E-state index < -0.39 is 0 Å². The first-order chi connectivity index (χ1) is 15.0. The monoisotopic (exact) mass is 419 g/mol. The van der Waals surface area contributed by atoms with Gasteiger partial charge in [-0.15, -0.1) is 0 Å². The highest BCUT2D eigenvalue weighted by Gasteiger charge is 2.13. The second kappa shape index (κ2) is 10.2. The van der Waals surface area contributed by atoms with E-state index in [4.69, 9.17) is 9.47 Å². The zero-order chi connectivity index (χ0) is 22.2. The minimum Gasteiger partial charge on any atom is -0.493 e. The highest BCUT2D eigenvalue weighted by molar-refractivity contribution is 6.00. The smallest absolute Gasteiger partial charge is 0.255 e. The van der Waals surface area contributed by atoms with E-state index in [2.05, 4.69) is 15.6 Å². The van der Waals surface area contributed by atoms with Gasteiger partial charge in [-0.3, -0.25) is 9.59 Å². The van der Waals surface area contributed by atoms with Crippen LogP contribution in [0.25, 0.3) is 0 Å². The summed E-state index contributed by atoms with van der Waals surface area (Å²) < 4.78 is 11.2. The number of aryl methyl sites for hydroxylation is 2. The minimum atomic E-state index is -0.380. The number of pyridine rings is 1. The van der Waals surface area contributed by atoms with Crippen LogP contribution in [0.3, 0.4) is 0 Å². The van der Waals surface area contributed by atoms with Crippen LogP contribution in [0.15, 0.2) is 60.8 Å². The summed E-state index contributed by atoms with van der Waals surface area (Å²) in [6.07, 6.45) is 1.50. The Bertz CT molecular complexity index is 1060. The Kier molecular flexibility index (Phi) is 7.22. The molecule has 0 fully saturated rings. The Morgan fingerprint density at radius 3 is 2.52 bits per heavy atom. The number of aromatic nitrogens is 1. The third-order valence-electron chi connectivity index (χ3n) is 4.56. The maximum atomic E-state index is 12.4. The van der Waals surface area contributed by atoms with Crippen LogP contribution in [-0.4, -0.2) is 29.9 Å². The molecule has 3 aromatic rings. The third kappa shape index (κ3) is 6.05. The van der Waals surface area contributed by atoms with E-state index in [0.717, 1.165) is 5.56 Å². The third-order valence-corrected chi connectivity index (χ3v) is 4.56. The summed E-state index contributed by atoms with van der Waals surface area (Å²) in [6.45, 7) is 6.16. The van der Waals surface area contributed by atoms with Crippen LogP contribution in [0.1, 0.15) is 28.4 Å². The van der Waals surface area contributed by atoms with Crippen LogP contribution in [0.2, 0.25) is 0 Å². The standard InChI is InChI=1S/C24H25N3O4/c1-4-30-21-8-6-5-7-20(21)24(29)26-15-22(28)27-18-10-12-23(25-14-18)31-19-11-9-16(2)17(3)13-19/h5-14H,4,15H2,1-3H3,(H,26,29)(H,27,28). The number of nitrogens with zero attached hydrogens (tertiary/aromatic N) is 1. The lowest BCUT2D eigenvalue weighted by Crippen LogP contribution is -2.33. The summed E-state index contributed by atoms with van der Waals surface area (Å²) >= 11 is 0. The molecular formula is C24H25N3O4. The Balaban J connectivity index is 1.52. The average Bonchev–Trinajstić information content (AvgIpc) is 2.77. The molecule has 1 aromatic heterocycles. The van der Waals surface area contributed by atoms with Gasteiger partial charge in [-0.05, 0) is 62.2 Å². The normalized spacial score (nSPS) is 10.3. The Morgan fingerprint density at radius 2 is 1.81 bits per heavy atom. The van der Waals surface area contributed by atoms with E-state index >= 15 is 0 Å². The van der Waals surface area contributed by atoms with Gasteiger partial charge in [0.15, 0.2) is 0 Å². The molecule has 0 aliphatic heterocycles. The summed E-state index contributed by atoms with van der Waals surface area (Å²) in [6, 6.07) is 16.1. The first-order valence-electron chi connectivity index (χ1n) is 9.97. The summed E-state index contributed by atoms with van der Waals surface area (Å²) in [5.74, 6) is 0.845. The van der Waals surface area contributed by atoms with E-state index in [9.17, 15) is 9.59 Å². The molecule has 7 heteroatoms. The van der Waals surface area contributed by atoms with Crippen molar-refractivity contribution in [3.63, 3.8) is 0 Å². The minimum absolute atomic E-state index is 0.180. The highest BCUT2D eigenvalue weighted by Crippen LogP contribution is 2.23. The molecule has 0 saturated heterocycles. The van der Waals surface area contributed by atoms with Crippen molar-refractivity contribution < 1.29 is 19.1 Å². The van der Waals surface area contributed by atoms with Crippen molar-refractivity contribution >= 4 is 17.5 Å². The average molecular weight is 419 g/mol. The Morgan fingerprint density at radius 1 is 1.00 bits per heavy atom. The zero-order valence-electron chi connectivity index (χ0n) is 17.8. The van der Waals surface area contributed by atoms with Crippen molar-refractivity contribution in [2.75, 3.05) is 18.5 Å². The van der Waals surface area contributed by atoms with Crippen molar-refractivity contribution in [1.82, 2.24) is 10.3 Å². The Labute approximate surface area is 181 Å². The molecule has 0 spiro atoms. The fourth-order valence-corrected chi connectivity index (χ4v) is 2.81. The number of nitrogens with one attached hydrogen (secondary N) is 2. The predicted molar refractivity (Wildman–Crippen MR) is 119 cm³/mol. The molecule has 0 aliphatic carbocycles. The van der Waals surface area contributed by atoms with E-state index in [1.165, 1.54) is 11.8 Å². The number of carbonyl (C=O) groups excluding carboxylic acids is 2. The quantitative estimate of drug-likeness (QED) is 0.570. The summed E-state index contributed by atoms with van der Waals surface area (Å²) in [7, 11) is 0. The van der Waals surface area contributed by atoms with Crippen molar-refractivity contribution in [3.8, 4) is 17.4 Å². The molecule has 31 heavy (non-hydrogen) atoms. The molecule has 0 saturated carbocycles. The first-order valence-corrected chi connectivity index (χ1v) is 9.97. The van der Waals surface area contributed by atoms with Crippen molar-refractivity contribution in [2.24, 2.45) is 0 Å². The number of hydrogen-bond donors (Lipinski definition) is 2. The van der Waals surface area contributed by atoms with Crippen LogP contribution in [-0.2, 0) is 4.79 Å². The van der Waals surface area contributed by atoms with Gasteiger partial charge < -0.3 is 20.1 Å². The lowest BCUT2D eigenvalue weighted by molar-refractivity contribution is -0.115. The molecule has 1 heterocycles. The van der Waals surface area contributed by atoms with E-state index in [-0.39, 0.29) is 18.4 Å².